The van der Waals surface area contributed by atoms with Crippen molar-refractivity contribution in [2.24, 2.45) is 0 Å². The summed E-state index contributed by atoms with van der Waals surface area (Å²) in [6.45, 7) is 0. The SMILES string of the molecule is ClC1CCCC[C@@H]1Cl. The zero-order chi connectivity index (χ0) is 5.98. The van der Waals surface area contributed by atoms with Crippen molar-refractivity contribution in [3.8, 4) is 0 Å². The molecule has 2 atom stereocenters. The Morgan fingerprint density at radius 3 is 1.50 bits per heavy atom. The maximum Gasteiger partial charge on any atom is 0.0499 e. The van der Waals surface area contributed by atoms with Gasteiger partial charge in [0.05, 0.1) is 0 Å². The molecule has 0 bridgehead atoms. The minimum Gasteiger partial charge on any atom is -0.121 e. The lowest BCUT2D eigenvalue weighted by Gasteiger charge is -2.20. The zero-order valence-corrected chi connectivity index (χ0v) is 6.25. The topological polar surface area (TPSA) is 0 Å². The van der Waals surface area contributed by atoms with Crippen molar-refractivity contribution in [2.45, 2.75) is 36.4 Å². The second-order valence-electron chi connectivity index (χ2n) is 2.32. The molecule has 0 amide bonds. The Labute approximate surface area is 60.2 Å². The van der Waals surface area contributed by atoms with Gasteiger partial charge in [-0.25, -0.2) is 0 Å². The quantitative estimate of drug-likeness (QED) is 0.469. The third-order valence-corrected chi connectivity index (χ3v) is 2.78. The Morgan fingerprint density at radius 2 is 1.25 bits per heavy atom. The molecule has 0 N–H and O–H groups in total. The summed E-state index contributed by atoms with van der Waals surface area (Å²) < 4.78 is 0. The third kappa shape index (κ3) is 1.53. The van der Waals surface area contributed by atoms with Gasteiger partial charge in [0, 0.05) is 10.8 Å². The summed E-state index contributed by atoms with van der Waals surface area (Å²) in [7, 11) is 0. The normalized spacial score (nSPS) is 39.8. The summed E-state index contributed by atoms with van der Waals surface area (Å²) in [6.07, 6.45) is 4.74. The van der Waals surface area contributed by atoms with E-state index in [-0.39, 0.29) is 10.8 Å². The summed E-state index contributed by atoms with van der Waals surface area (Å²) in [5, 5.41) is 0.482. The molecule has 0 aromatic heterocycles. The van der Waals surface area contributed by atoms with Gasteiger partial charge in [0.25, 0.3) is 0 Å². The van der Waals surface area contributed by atoms with E-state index in [1.807, 2.05) is 0 Å². The maximum atomic E-state index is 5.84. The molecule has 1 aliphatic carbocycles. The van der Waals surface area contributed by atoms with Crippen LogP contribution in [0, 0.1) is 0 Å². The number of hydrogen-bond donors (Lipinski definition) is 0. The van der Waals surface area contributed by atoms with Crippen LogP contribution >= 0.6 is 23.2 Å². The molecule has 0 heterocycles. The molecule has 1 rings (SSSR count). The molecule has 8 heavy (non-hydrogen) atoms. The molecule has 48 valence electrons. The first-order valence-corrected chi connectivity index (χ1v) is 3.96. The second-order valence-corrected chi connectivity index (χ2v) is 3.44. The highest BCUT2D eigenvalue weighted by Crippen LogP contribution is 2.26. The van der Waals surface area contributed by atoms with E-state index in [9.17, 15) is 0 Å². The molecular formula is C6H10Cl2. The fourth-order valence-corrected chi connectivity index (χ4v) is 1.60. The van der Waals surface area contributed by atoms with Crippen molar-refractivity contribution >= 4 is 23.2 Å². The molecule has 1 fully saturated rings. The fourth-order valence-electron chi connectivity index (χ4n) is 1.04. The van der Waals surface area contributed by atoms with Gasteiger partial charge in [-0.1, -0.05) is 12.8 Å². The molecule has 0 saturated heterocycles. The highest BCUT2D eigenvalue weighted by molar-refractivity contribution is 6.30. The lowest BCUT2D eigenvalue weighted by Crippen LogP contribution is -2.19. The van der Waals surface area contributed by atoms with Gasteiger partial charge < -0.3 is 0 Å². The largest absolute Gasteiger partial charge is 0.121 e. The maximum absolute atomic E-state index is 5.84. The van der Waals surface area contributed by atoms with E-state index in [2.05, 4.69) is 0 Å². The van der Waals surface area contributed by atoms with Crippen LogP contribution in [0.1, 0.15) is 25.7 Å². The standard InChI is InChI=1S/C6H10Cl2/c7-5-3-1-2-4-6(5)8/h5-6H,1-4H2/t5-,6?/m0/s1. The van der Waals surface area contributed by atoms with E-state index >= 15 is 0 Å². The van der Waals surface area contributed by atoms with Crippen molar-refractivity contribution < 1.29 is 0 Å². The summed E-state index contributed by atoms with van der Waals surface area (Å²) in [4.78, 5) is 0. The molecule has 0 radical (unpaired) electrons. The van der Waals surface area contributed by atoms with Gasteiger partial charge in [0.1, 0.15) is 0 Å². The first-order valence-electron chi connectivity index (χ1n) is 3.09. The van der Waals surface area contributed by atoms with E-state index in [1.54, 1.807) is 0 Å². The predicted octanol–water partition coefficient (Wildman–Crippen LogP) is 2.78. The zero-order valence-electron chi connectivity index (χ0n) is 4.74. The molecule has 0 nitrogen and oxygen atoms in total. The van der Waals surface area contributed by atoms with Crippen LogP contribution in [0.3, 0.4) is 0 Å². The van der Waals surface area contributed by atoms with E-state index in [1.165, 1.54) is 12.8 Å². The summed E-state index contributed by atoms with van der Waals surface area (Å²) in [6, 6.07) is 0. The van der Waals surface area contributed by atoms with Crippen molar-refractivity contribution in [3.05, 3.63) is 0 Å². The minimum absolute atomic E-state index is 0.241. The highest BCUT2D eigenvalue weighted by atomic mass is 35.5. The number of alkyl halides is 2. The second kappa shape index (κ2) is 2.93. The molecule has 0 aromatic carbocycles. The smallest absolute Gasteiger partial charge is 0.0499 e. The van der Waals surface area contributed by atoms with E-state index in [0.29, 0.717) is 0 Å². The van der Waals surface area contributed by atoms with Crippen LogP contribution in [-0.4, -0.2) is 10.8 Å². The summed E-state index contributed by atoms with van der Waals surface area (Å²) >= 11 is 11.7. The van der Waals surface area contributed by atoms with Crippen LogP contribution in [0.5, 0.6) is 0 Å². The van der Waals surface area contributed by atoms with Crippen LogP contribution in [-0.2, 0) is 0 Å². The Morgan fingerprint density at radius 1 is 0.875 bits per heavy atom. The molecule has 1 saturated carbocycles. The summed E-state index contributed by atoms with van der Waals surface area (Å²) in [5.41, 5.74) is 0. The van der Waals surface area contributed by atoms with Gasteiger partial charge in [0.15, 0.2) is 0 Å². The van der Waals surface area contributed by atoms with Crippen molar-refractivity contribution in [2.75, 3.05) is 0 Å². The lowest BCUT2D eigenvalue weighted by atomic mass is 10.00. The average molecular weight is 153 g/mol. The highest BCUT2D eigenvalue weighted by Gasteiger charge is 2.19. The first-order chi connectivity index (χ1) is 3.80. The molecule has 1 unspecified atom stereocenters. The van der Waals surface area contributed by atoms with Gasteiger partial charge in [0.2, 0.25) is 0 Å². The van der Waals surface area contributed by atoms with Crippen LogP contribution in [0.15, 0.2) is 0 Å². The first kappa shape index (κ1) is 6.70. The van der Waals surface area contributed by atoms with Gasteiger partial charge in [-0.15, -0.1) is 23.2 Å². The average Bonchev–Trinajstić information content (AvgIpc) is 1.77. The molecule has 0 spiro atoms. The monoisotopic (exact) mass is 152 g/mol. The molecule has 2 heteroatoms. The predicted molar refractivity (Wildman–Crippen MR) is 37.8 cm³/mol. The van der Waals surface area contributed by atoms with E-state index in [4.69, 9.17) is 23.2 Å². The van der Waals surface area contributed by atoms with Crippen molar-refractivity contribution in [3.63, 3.8) is 0 Å². The fraction of sp³-hybridized carbons (Fsp3) is 1.00. The number of rotatable bonds is 0. The lowest BCUT2D eigenvalue weighted by molar-refractivity contribution is 0.517. The van der Waals surface area contributed by atoms with Gasteiger partial charge in [-0.2, -0.15) is 0 Å². The molecule has 0 aromatic rings. The number of halogens is 2. The third-order valence-electron chi connectivity index (χ3n) is 1.60. The Bertz CT molecular complexity index is 62.9. The van der Waals surface area contributed by atoms with Crippen LogP contribution in [0.2, 0.25) is 0 Å². The Kier molecular flexibility index (Phi) is 2.45. The van der Waals surface area contributed by atoms with Gasteiger partial charge in [-0.05, 0) is 12.8 Å². The van der Waals surface area contributed by atoms with Crippen LogP contribution in [0.4, 0.5) is 0 Å². The minimum atomic E-state index is 0.241. The van der Waals surface area contributed by atoms with Crippen molar-refractivity contribution in [1.29, 1.82) is 0 Å². The number of hydrogen-bond acceptors (Lipinski definition) is 0. The van der Waals surface area contributed by atoms with E-state index < -0.39 is 0 Å². The Balaban J connectivity index is 2.28. The Hall–Kier alpha value is 0.580. The van der Waals surface area contributed by atoms with Crippen LogP contribution < -0.4 is 0 Å². The van der Waals surface area contributed by atoms with Crippen LogP contribution in [0.25, 0.3) is 0 Å². The summed E-state index contributed by atoms with van der Waals surface area (Å²) in [5.74, 6) is 0. The molecule has 0 aliphatic heterocycles. The van der Waals surface area contributed by atoms with Gasteiger partial charge >= 0.3 is 0 Å². The van der Waals surface area contributed by atoms with E-state index in [0.717, 1.165) is 12.8 Å². The van der Waals surface area contributed by atoms with Gasteiger partial charge in [-0.3, -0.25) is 0 Å². The molecule has 1 aliphatic rings. The molecular weight excluding hydrogens is 143 g/mol. The van der Waals surface area contributed by atoms with Crippen molar-refractivity contribution in [1.82, 2.24) is 0 Å².